The highest BCUT2D eigenvalue weighted by Crippen LogP contribution is 2.17. The third kappa shape index (κ3) is 2.53. The summed E-state index contributed by atoms with van der Waals surface area (Å²) in [5, 5.41) is 0. The molecule has 0 bridgehead atoms. The molecular weight excluding hydrogens is 224 g/mol. The molecule has 0 aliphatic heterocycles. The Labute approximate surface area is 108 Å². The fourth-order valence-electron chi connectivity index (χ4n) is 2.13. The van der Waals surface area contributed by atoms with Gasteiger partial charge in [-0.2, -0.15) is 0 Å². The molecule has 1 aromatic carbocycles. The highest BCUT2D eigenvalue weighted by atomic mass is 16.3. The monoisotopic (exact) mass is 242 g/mol. The molecule has 0 saturated carbocycles. The van der Waals surface area contributed by atoms with E-state index in [4.69, 9.17) is 4.42 Å². The van der Waals surface area contributed by atoms with Crippen LogP contribution < -0.4 is 0 Å². The minimum Gasteiger partial charge on any atom is -0.469 e. The highest BCUT2D eigenvalue weighted by Gasteiger charge is 2.15. The Hall–Kier alpha value is -1.83. The molecule has 1 heterocycles. The number of rotatable bonds is 5. The number of aryl methyl sites for hydroxylation is 2. The van der Waals surface area contributed by atoms with Crippen LogP contribution in [0, 0.1) is 0 Å². The standard InChI is InChI=1S/C16H18O2/c1-3-6-12-7-5-8-13(11-12)16(17)14-9-10-18-15(14)4-2/h5,7-11H,3-4,6H2,1-2H3. The first-order valence-electron chi connectivity index (χ1n) is 6.46. The average molecular weight is 242 g/mol. The maximum atomic E-state index is 12.4. The van der Waals surface area contributed by atoms with E-state index in [9.17, 15) is 4.79 Å². The van der Waals surface area contributed by atoms with Crippen LogP contribution in [0.1, 0.15) is 47.5 Å². The summed E-state index contributed by atoms with van der Waals surface area (Å²) in [6.45, 7) is 4.13. The average Bonchev–Trinajstić information content (AvgIpc) is 2.87. The van der Waals surface area contributed by atoms with Gasteiger partial charge in [0.2, 0.25) is 0 Å². The van der Waals surface area contributed by atoms with E-state index in [0.29, 0.717) is 5.56 Å². The molecule has 0 amide bonds. The number of carbonyl (C=O) groups excluding carboxylic acids is 1. The molecule has 0 radical (unpaired) electrons. The van der Waals surface area contributed by atoms with Crippen molar-refractivity contribution in [2.24, 2.45) is 0 Å². The second-order valence-electron chi connectivity index (χ2n) is 4.39. The molecule has 0 saturated heterocycles. The van der Waals surface area contributed by atoms with Crippen LogP contribution in [0.5, 0.6) is 0 Å². The Kier molecular flexibility index (Phi) is 3.98. The summed E-state index contributed by atoms with van der Waals surface area (Å²) in [6, 6.07) is 9.63. The van der Waals surface area contributed by atoms with Crippen LogP contribution in [0.4, 0.5) is 0 Å². The van der Waals surface area contributed by atoms with E-state index in [1.807, 2.05) is 25.1 Å². The lowest BCUT2D eigenvalue weighted by Gasteiger charge is -2.04. The summed E-state index contributed by atoms with van der Waals surface area (Å²) in [5.74, 6) is 0.819. The molecular formula is C16H18O2. The second kappa shape index (κ2) is 5.67. The molecule has 2 nitrogen and oxygen atoms in total. The van der Waals surface area contributed by atoms with E-state index >= 15 is 0 Å². The molecule has 0 fully saturated rings. The van der Waals surface area contributed by atoms with Crippen molar-refractivity contribution in [2.75, 3.05) is 0 Å². The van der Waals surface area contributed by atoms with Gasteiger partial charge in [0, 0.05) is 12.0 Å². The van der Waals surface area contributed by atoms with Crippen molar-refractivity contribution in [3.05, 3.63) is 59.0 Å². The Balaban J connectivity index is 2.31. The van der Waals surface area contributed by atoms with Crippen molar-refractivity contribution in [3.8, 4) is 0 Å². The number of furan rings is 1. The minimum absolute atomic E-state index is 0.0542. The van der Waals surface area contributed by atoms with Gasteiger partial charge in [-0.15, -0.1) is 0 Å². The van der Waals surface area contributed by atoms with Gasteiger partial charge >= 0.3 is 0 Å². The van der Waals surface area contributed by atoms with Crippen molar-refractivity contribution in [1.29, 1.82) is 0 Å². The first-order valence-corrected chi connectivity index (χ1v) is 6.46. The van der Waals surface area contributed by atoms with Gasteiger partial charge < -0.3 is 4.42 Å². The first-order chi connectivity index (χ1) is 8.76. The van der Waals surface area contributed by atoms with Crippen molar-refractivity contribution < 1.29 is 9.21 Å². The Morgan fingerprint density at radius 3 is 2.78 bits per heavy atom. The summed E-state index contributed by atoms with van der Waals surface area (Å²) in [7, 11) is 0. The fraction of sp³-hybridized carbons (Fsp3) is 0.312. The van der Waals surface area contributed by atoms with Gasteiger partial charge in [0.05, 0.1) is 11.8 Å². The lowest BCUT2D eigenvalue weighted by molar-refractivity contribution is 0.103. The topological polar surface area (TPSA) is 30.2 Å². The summed E-state index contributed by atoms with van der Waals surface area (Å²) in [5.41, 5.74) is 2.65. The lowest BCUT2D eigenvalue weighted by Crippen LogP contribution is -2.03. The second-order valence-corrected chi connectivity index (χ2v) is 4.39. The van der Waals surface area contributed by atoms with Crippen LogP contribution in [0.2, 0.25) is 0 Å². The summed E-state index contributed by atoms with van der Waals surface area (Å²) in [4.78, 5) is 12.4. The summed E-state index contributed by atoms with van der Waals surface area (Å²) >= 11 is 0. The van der Waals surface area contributed by atoms with Crippen LogP contribution in [-0.4, -0.2) is 5.78 Å². The van der Waals surface area contributed by atoms with E-state index in [1.54, 1.807) is 12.3 Å². The summed E-state index contributed by atoms with van der Waals surface area (Å²) in [6.07, 6.45) is 4.42. The van der Waals surface area contributed by atoms with Gasteiger partial charge in [-0.25, -0.2) is 0 Å². The van der Waals surface area contributed by atoms with Crippen LogP contribution >= 0.6 is 0 Å². The van der Waals surface area contributed by atoms with Gasteiger partial charge in [-0.05, 0) is 24.1 Å². The Bertz CT molecular complexity index is 538. The van der Waals surface area contributed by atoms with Crippen molar-refractivity contribution in [2.45, 2.75) is 33.1 Å². The molecule has 2 rings (SSSR count). The number of carbonyl (C=O) groups is 1. The molecule has 0 unspecified atom stereocenters. The third-order valence-corrected chi connectivity index (χ3v) is 3.04. The zero-order valence-corrected chi connectivity index (χ0v) is 10.9. The maximum absolute atomic E-state index is 12.4. The molecule has 94 valence electrons. The van der Waals surface area contributed by atoms with E-state index < -0.39 is 0 Å². The number of hydrogen-bond acceptors (Lipinski definition) is 2. The van der Waals surface area contributed by atoms with Crippen LogP contribution in [0.15, 0.2) is 41.0 Å². The van der Waals surface area contributed by atoms with Crippen LogP contribution in [0.3, 0.4) is 0 Å². The largest absolute Gasteiger partial charge is 0.469 e. The summed E-state index contributed by atoms with van der Waals surface area (Å²) < 4.78 is 5.31. The van der Waals surface area contributed by atoms with Gasteiger partial charge in [0.15, 0.2) is 5.78 Å². The van der Waals surface area contributed by atoms with Gasteiger partial charge in [-0.1, -0.05) is 38.5 Å². The smallest absolute Gasteiger partial charge is 0.196 e. The molecule has 18 heavy (non-hydrogen) atoms. The van der Waals surface area contributed by atoms with Crippen LogP contribution in [-0.2, 0) is 12.8 Å². The van der Waals surface area contributed by atoms with Crippen LogP contribution in [0.25, 0.3) is 0 Å². The number of ketones is 1. The van der Waals surface area contributed by atoms with Crippen molar-refractivity contribution in [1.82, 2.24) is 0 Å². The normalized spacial score (nSPS) is 10.6. The molecule has 1 aromatic heterocycles. The third-order valence-electron chi connectivity index (χ3n) is 3.04. The van der Waals surface area contributed by atoms with Gasteiger partial charge in [-0.3, -0.25) is 4.79 Å². The van der Waals surface area contributed by atoms with E-state index in [1.165, 1.54) is 5.56 Å². The number of hydrogen-bond donors (Lipinski definition) is 0. The zero-order valence-electron chi connectivity index (χ0n) is 10.9. The molecule has 2 heteroatoms. The molecule has 0 aliphatic rings. The van der Waals surface area contributed by atoms with Gasteiger partial charge in [0.1, 0.15) is 5.76 Å². The lowest BCUT2D eigenvalue weighted by atomic mass is 9.99. The molecule has 0 aliphatic carbocycles. The Morgan fingerprint density at radius 2 is 2.06 bits per heavy atom. The molecule has 0 spiro atoms. The molecule has 0 atom stereocenters. The highest BCUT2D eigenvalue weighted by molar-refractivity contribution is 6.09. The zero-order chi connectivity index (χ0) is 13.0. The van der Waals surface area contributed by atoms with E-state index in [0.717, 1.165) is 30.6 Å². The molecule has 0 N–H and O–H groups in total. The fourth-order valence-corrected chi connectivity index (χ4v) is 2.13. The van der Waals surface area contributed by atoms with E-state index in [2.05, 4.69) is 13.0 Å². The van der Waals surface area contributed by atoms with E-state index in [-0.39, 0.29) is 5.78 Å². The number of benzene rings is 1. The molecule has 2 aromatic rings. The van der Waals surface area contributed by atoms with Gasteiger partial charge in [0.25, 0.3) is 0 Å². The quantitative estimate of drug-likeness (QED) is 0.741. The Morgan fingerprint density at radius 1 is 1.22 bits per heavy atom. The van der Waals surface area contributed by atoms with Crippen molar-refractivity contribution in [3.63, 3.8) is 0 Å². The SMILES string of the molecule is CCCc1cccc(C(=O)c2ccoc2CC)c1. The maximum Gasteiger partial charge on any atom is 0.196 e. The minimum atomic E-state index is 0.0542. The van der Waals surface area contributed by atoms with Crippen molar-refractivity contribution >= 4 is 5.78 Å². The predicted octanol–water partition coefficient (Wildman–Crippen LogP) is 4.03. The first kappa shape index (κ1) is 12.6. The predicted molar refractivity (Wildman–Crippen MR) is 72.0 cm³/mol.